The highest BCUT2D eigenvalue weighted by molar-refractivity contribution is 5.16. The first-order chi connectivity index (χ1) is 13.5. The van der Waals surface area contributed by atoms with Gasteiger partial charge in [-0.2, -0.15) is 0 Å². The summed E-state index contributed by atoms with van der Waals surface area (Å²) in [5.74, 6) is 6.97. The summed E-state index contributed by atoms with van der Waals surface area (Å²) in [5.41, 5.74) is 2.44. The van der Waals surface area contributed by atoms with Crippen LogP contribution in [0.15, 0.2) is 0 Å². The minimum atomic E-state index is 0.597. The molecule has 166 valence electrons. The van der Waals surface area contributed by atoms with Crippen molar-refractivity contribution in [3.8, 4) is 0 Å². The Kier molecular flexibility index (Phi) is 4.69. The fourth-order valence-electron chi connectivity index (χ4n) is 11.4. The van der Waals surface area contributed by atoms with E-state index in [4.69, 9.17) is 0 Å². The zero-order valence-electron chi connectivity index (χ0n) is 20.8. The second-order valence-electron chi connectivity index (χ2n) is 14.4. The molecule has 0 heteroatoms. The molecule has 9 atom stereocenters. The number of fused-ring (bicyclic) bond motifs is 7. The fourth-order valence-corrected chi connectivity index (χ4v) is 11.4. The minimum absolute atomic E-state index is 0.597. The molecule has 0 bridgehead atoms. The Morgan fingerprint density at radius 3 is 2.03 bits per heavy atom. The molecule has 5 aliphatic carbocycles. The largest absolute Gasteiger partial charge is 0.0625 e. The van der Waals surface area contributed by atoms with Crippen LogP contribution in [0.25, 0.3) is 0 Å². The van der Waals surface area contributed by atoms with Crippen LogP contribution in [0.5, 0.6) is 0 Å². The first-order valence-electron chi connectivity index (χ1n) is 13.5. The lowest BCUT2D eigenvalue weighted by molar-refractivity contribution is -0.216. The quantitative estimate of drug-likeness (QED) is 0.414. The zero-order chi connectivity index (χ0) is 20.8. The molecule has 5 aliphatic rings. The summed E-state index contributed by atoms with van der Waals surface area (Å²) in [6, 6.07) is 0. The van der Waals surface area contributed by atoms with Gasteiger partial charge in [0.1, 0.15) is 0 Å². The van der Waals surface area contributed by atoms with Crippen LogP contribution in [0.1, 0.15) is 119 Å². The summed E-state index contributed by atoms with van der Waals surface area (Å²) in [6.07, 6.45) is 16.8. The number of rotatable bonds is 1. The van der Waals surface area contributed by atoms with Crippen LogP contribution in [0, 0.1) is 63.1 Å². The minimum Gasteiger partial charge on any atom is -0.0625 e. The van der Waals surface area contributed by atoms with E-state index in [0.29, 0.717) is 21.7 Å². The summed E-state index contributed by atoms with van der Waals surface area (Å²) < 4.78 is 0. The molecule has 5 rings (SSSR count). The van der Waals surface area contributed by atoms with Crippen molar-refractivity contribution in [1.29, 1.82) is 0 Å². The highest BCUT2D eigenvalue weighted by atomic mass is 14.7. The molecule has 0 unspecified atom stereocenters. The van der Waals surface area contributed by atoms with Crippen molar-refractivity contribution in [2.24, 2.45) is 63.1 Å². The number of hydrogen-bond donors (Lipinski definition) is 0. The standard InChI is InChI=1S/C29H50/c1-19(2)20-12-16-27(5)23(20)14-18-29(7)25(27)11-10-24-21-9-8-15-26(3,4)22(21)13-17-28(24,29)6/h19-25H,8-18H2,1-7H3/t20-,21-,22+,23+,24+,25+,27-,28+,29+/m0/s1. The topological polar surface area (TPSA) is 0 Å². The molecule has 29 heavy (non-hydrogen) atoms. The van der Waals surface area contributed by atoms with Crippen LogP contribution >= 0.6 is 0 Å². The summed E-state index contributed by atoms with van der Waals surface area (Å²) in [6.45, 7) is 18.6. The van der Waals surface area contributed by atoms with Gasteiger partial charge in [-0.3, -0.25) is 0 Å². The van der Waals surface area contributed by atoms with Gasteiger partial charge in [-0.1, -0.05) is 54.9 Å². The van der Waals surface area contributed by atoms with Crippen molar-refractivity contribution in [1.82, 2.24) is 0 Å². The first kappa shape index (κ1) is 20.9. The van der Waals surface area contributed by atoms with Crippen molar-refractivity contribution < 1.29 is 0 Å². The Labute approximate surface area is 182 Å². The molecular formula is C29H50. The van der Waals surface area contributed by atoms with Gasteiger partial charge < -0.3 is 0 Å². The van der Waals surface area contributed by atoms with Crippen LogP contribution in [0.4, 0.5) is 0 Å². The SMILES string of the molecule is CC(C)[C@@H]1CC[C@@]2(C)[C@@H]1CC[C@]1(C)[C@@H]2CC[C@@H]2[C@H]3CCCC(C)(C)[C@@H]3CC[C@]21C. The highest BCUT2D eigenvalue weighted by Crippen LogP contribution is 2.75. The molecule has 0 spiro atoms. The smallest absolute Gasteiger partial charge is 0.0235 e. The van der Waals surface area contributed by atoms with Crippen LogP contribution in [0.2, 0.25) is 0 Å². The van der Waals surface area contributed by atoms with Crippen LogP contribution < -0.4 is 0 Å². The van der Waals surface area contributed by atoms with Gasteiger partial charge in [-0.05, 0) is 127 Å². The average molecular weight is 399 g/mol. The molecule has 5 fully saturated rings. The van der Waals surface area contributed by atoms with E-state index in [1.807, 2.05) is 0 Å². The maximum absolute atomic E-state index is 2.81. The third-order valence-electron chi connectivity index (χ3n) is 13.0. The van der Waals surface area contributed by atoms with Gasteiger partial charge in [0, 0.05) is 0 Å². The molecule has 0 heterocycles. The Hall–Kier alpha value is 0. The van der Waals surface area contributed by atoms with E-state index in [9.17, 15) is 0 Å². The first-order valence-corrected chi connectivity index (χ1v) is 13.5. The molecule has 0 aromatic carbocycles. The van der Waals surface area contributed by atoms with E-state index in [-0.39, 0.29) is 0 Å². The summed E-state index contributed by atoms with van der Waals surface area (Å²) in [5, 5.41) is 0. The van der Waals surface area contributed by atoms with E-state index in [0.717, 1.165) is 41.4 Å². The summed E-state index contributed by atoms with van der Waals surface area (Å²) in [7, 11) is 0. The molecule has 0 N–H and O–H groups in total. The van der Waals surface area contributed by atoms with Crippen LogP contribution in [0.3, 0.4) is 0 Å². The molecule has 0 aromatic heterocycles. The predicted molar refractivity (Wildman–Crippen MR) is 125 cm³/mol. The van der Waals surface area contributed by atoms with Gasteiger partial charge >= 0.3 is 0 Å². The second-order valence-corrected chi connectivity index (χ2v) is 14.4. The lowest BCUT2D eigenvalue weighted by atomic mass is 9.34. The second kappa shape index (κ2) is 6.51. The van der Waals surface area contributed by atoms with E-state index < -0.39 is 0 Å². The summed E-state index contributed by atoms with van der Waals surface area (Å²) >= 11 is 0. The molecular weight excluding hydrogens is 348 g/mol. The van der Waals surface area contributed by atoms with Crippen LogP contribution in [-0.4, -0.2) is 0 Å². The van der Waals surface area contributed by atoms with Gasteiger partial charge in [0.2, 0.25) is 0 Å². The van der Waals surface area contributed by atoms with Gasteiger partial charge in [-0.25, -0.2) is 0 Å². The molecule has 0 nitrogen and oxygen atoms in total. The van der Waals surface area contributed by atoms with E-state index in [1.54, 1.807) is 19.3 Å². The van der Waals surface area contributed by atoms with Crippen molar-refractivity contribution in [2.45, 2.75) is 119 Å². The Morgan fingerprint density at radius 2 is 1.31 bits per heavy atom. The lowest BCUT2D eigenvalue weighted by Crippen LogP contribution is -2.63. The maximum atomic E-state index is 2.81. The fraction of sp³-hybridized carbons (Fsp3) is 1.00. The monoisotopic (exact) mass is 398 g/mol. The van der Waals surface area contributed by atoms with E-state index >= 15 is 0 Å². The van der Waals surface area contributed by atoms with Crippen molar-refractivity contribution >= 4 is 0 Å². The average Bonchev–Trinajstić information content (AvgIpc) is 2.99. The molecule has 5 saturated carbocycles. The summed E-state index contributed by atoms with van der Waals surface area (Å²) in [4.78, 5) is 0. The van der Waals surface area contributed by atoms with Crippen molar-refractivity contribution in [3.05, 3.63) is 0 Å². The normalized spacial score (nSPS) is 56.3. The molecule has 0 aromatic rings. The third kappa shape index (κ3) is 2.62. The molecule has 0 saturated heterocycles. The van der Waals surface area contributed by atoms with Gasteiger partial charge in [0.05, 0.1) is 0 Å². The number of hydrogen-bond acceptors (Lipinski definition) is 0. The lowest BCUT2D eigenvalue weighted by Gasteiger charge is -2.70. The van der Waals surface area contributed by atoms with Gasteiger partial charge in [0.25, 0.3) is 0 Å². The third-order valence-corrected chi connectivity index (χ3v) is 13.0. The molecule has 0 amide bonds. The Balaban J connectivity index is 1.48. The Morgan fingerprint density at radius 1 is 0.621 bits per heavy atom. The zero-order valence-corrected chi connectivity index (χ0v) is 20.8. The highest BCUT2D eigenvalue weighted by Gasteiger charge is 2.68. The van der Waals surface area contributed by atoms with E-state index in [2.05, 4.69) is 48.5 Å². The van der Waals surface area contributed by atoms with Gasteiger partial charge in [0.15, 0.2) is 0 Å². The predicted octanol–water partition coefficient (Wildman–Crippen LogP) is 8.74. The van der Waals surface area contributed by atoms with Crippen LogP contribution in [-0.2, 0) is 0 Å². The van der Waals surface area contributed by atoms with Gasteiger partial charge in [-0.15, -0.1) is 0 Å². The Bertz CT molecular complexity index is 644. The molecule has 0 aliphatic heterocycles. The van der Waals surface area contributed by atoms with E-state index in [1.165, 1.54) is 51.4 Å². The molecule has 0 radical (unpaired) electrons. The van der Waals surface area contributed by atoms with Crippen molar-refractivity contribution in [3.63, 3.8) is 0 Å². The van der Waals surface area contributed by atoms with Crippen molar-refractivity contribution in [2.75, 3.05) is 0 Å². The maximum Gasteiger partial charge on any atom is -0.0235 e.